The van der Waals surface area contributed by atoms with Crippen LogP contribution in [0.15, 0.2) is 12.1 Å². The Bertz CT molecular complexity index is 793. The summed E-state index contributed by atoms with van der Waals surface area (Å²) in [4.78, 5) is 25.6. The lowest BCUT2D eigenvalue weighted by atomic mass is 9.75. The Hall–Kier alpha value is -2.71. The van der Waals surface area contributed by atoms with Crippen molar-refractivity contribution in [3.63, 3.8) is 0 Å². The maximum absolute atomic E-state index is 14.2. The van der Waals surface area contributed by atoms with Gasteiger partial charge in [-0.15, -0.1) is 0 Å². The summed E-state index contributed by atoms with van der Waals surface area (Å²) in [7, 11) is -1.73. The molecule has 1 heterocycles. The lowest BCUT2D eigenvalue weighted by molar-refractivity contribution is -0.127. The van der Waals surface area contributed by atoms with Crippen LogP contribution in [-0.2, 0) is 9.59 Å². The van der Waals surface area contributed by atoms with Crippen molar-refractivity contribution in [3.05, 3.63) is 29.3 Å². The first-order valence-corrected chi connectivity index (χ1v) is 9.23. The summed E-state index contributed by atoms with van der Waals surface area (Å²) < 4.78 is 28.3. The fourth-order valence-electron chi connectivity index (χ4n) is 3.14. The van der Waals surface area contributed by atoms with Gasteiger partial charge in [0.1, 0.15) is 11.7 Å². The molecule has 1 aliphatic rings. The van der Waals surface area contributed by atoms with Crippen molar-refractivity contribution in [1.29, 1.82) is 5.26 Å². The summed E-state index contributed by atoms with van der Waals surface area (Å²) >= 11 is 0. The molecule has 2 rings (SSSR count). The van der Waals surface area contributed by atoms with E-state index in [0.29, 0.717) is 12.8 Å². The average molecular weight is 408 g/mol. The molecule has 0 spiro atoms. The van der Waals surface area contributed by atoms with Gasteiger partial charge in [0, 0.05) is 6.54 Å². The first-order chi connectivity index (χ1) is 13.6. The van der Waals surface area contributed by atoms with Crippen LogP contribution in [0.2, 0.25) is 0 Å². The highest BCUT2D eigenvalue weighted by atomic mass is 19.1. The third-order valence-corrected chi connectivity index (χ3v) is 4.61. The zero-order valence-corrected chi connectivity index (χ0v) is 16.2. The average Bonchev–Trinajstić information content (AvgIpc) is 2.60. The zero-order valence-electron chi connectivity index (χ0n) is 16.2. The number of anilines is 1. The van der Waals surface area contributed by atoms with Crippen molar-refractivity contribution >= 4 is 24.6 Å². The van der Waals surface area contributed by atoms with Gasteiger partial charge in [0.05, 0.1) is 24.1 Å². The van der Waals surface area contributed by atoms with E-state index in [1.807, 2.05) is 13.8 Å². The van der Waals surface area contributed by atoms with Gasteiger partial charge in [0.25, 0.3) is 0 Å². The van der Waals surface area contributed by atoms with Crippen LogP contribution in [0, 0.1) is 28.9 Å². The molecule has 1 aromatic rings. The van der Waals surface area contributed by atoms with Gasteiger partial charge >= 0.3 is 7.12 Å². The van der Waals surface area contributed by atoms with Crippen LogP contribution in [-0.4, -0.2) is 54.1 Å². The molecule has 0 radical (unpaired) electrons. The number of amides is 2. The molecule has 0 unspecified atom stereocenters. The van der Waals surface area contributed by atoms with Crippen LogP contribution in [0.5, 0.6) is 0 Å². The molecular weight excluding hydrogens is 385 g/mol. The van der Waals surface area contributed by atoms with E-state index >= 15 is 0 Å². The van der Waals surface area contributed by atoms with E-state index in [0.717, 1.165) is 12.1 Å². The Balaban J connectivity index is 1.95. The standard InChI is InChI=1S/C18H23BF2N4O4/c1-10(2)5-15(19(28)29)24-16(26)9-23-18(27)14-3-4-25(14)17-12(20)6-11(8-22)7-13(17)21/h6-7,10,14-15,28-29H,3-5,9H2,1-2H3,(H,23,27)(H,24,26)/t14-,15-/m0/s1. The highest BCUT2D eigenvalue weighted by molar-refractivity contribution is 6.43. The van der Waals surface area contributed by atoms with Crippen LogP contribution >= 0.6 is 0 Å². The molecule has 156 valence electrons. The van der Waals surface area contributed by atoms with Crippen LogP contribution in [0.3, 0.4) is 0 Å². The second-order valence-electron chi connectivity index (χ2n) is 7.33. The fraction of sp³-hybridized carbons (Fsp3) is 0.500. The molecule has 1 saturated heterocycles. The van der Waals surface area contributed by atoms with E-state index in [1.54, 1.807) is 6.07 Å². The number of nitrogens with zero attached hydrogens (tertiary/aromatic N) is 2. The molecule has 0 bridgehead atoms. The van der Waals surface area contributed by atoms with E-state index in [2.05, 4.69) is 10.6 Å². The summed E-state index contributed by atoms with van der Waals surface area (Å²) in [5.74, 6) is -3.84. The normalized spacial score (nSPS) is 16.6. The van der Waals surface area contributed by atoms with Gasteiger partial charge in [-0.2, -0.15) is 5.26 Å². The quantitative estimate of drug-likeness (QED) is 0.452. The van der Waals surface area contributed by atoms with Gasteiger partial charge in [-0.3, -0.25) is 9.59 Å². The minimum atomic E-state index is -1.73. The van der Waals surface area contributed by atoms with Crippen molar-refractivity contribution in [3.8, 4) is 6.07 Å². The minimum Gasteiger partial charge on any atom is -0.426 e. The molecule has 1 aliphatic heterocycles. The van der Waals surface area contributed by atoms with Crippen molar-refractivity contribution < 1.29 is 28.4 Å². The first kappa shape index (κ1) is 22.6. The third-order valence-electron chi connectivity index (χ3n) is 4.61. The van der Waals surface area contributed by atoms with Crippen LogP contribution < -0.4 is 15.5 Å². The minimum absolute atomic E-state index is 0.109. The number of halogens is 2. The number of carbonyl (C=O) groups excluding carboxylic acids is 2. The monoisotopic (exact) mass is 408 g/mol. The molecule has 4 N–H and O–H groups in total. The van der Waals surface area contributed by atoms with E-state index in [9.17, 15) is 28.4 Å². The highest BCUT2D eigenvalue weighted by Crippen LogP contribution is 2.32. The molecule has 11 heteroatoms. The van der Waals surface area contributed by atoms with Crippen LogP contribution in [0.25, 0.3) is 0 Å². The topological polar surface area (TPSA) is 126 Å². The van der Waals surface area contributed by atoms with Crippen molar-refractivity contribution in [2.45, 2.75) is 38.7 Å². The van der Waals surface area contributed by atoms with E-state index in [4.69, 9.17) is 5.26 Å². The van der Waals surface area contributed by atoms with Crippen molar-refractivity contribution in [1.82, 2.24) is 10.6 Å². The van der Waals surface area contributed by atoms with E-state index in [1.165, 1.54) is 4.90 Å². The lowest BCUT2D eigenvalue weighted by Gasteiger charge is -2.41. The molecule has 1 aromatic carbocycles. The van der Waals surface area contributed by atoms with Gasteiger partial charge in [-0.25, -0.2) is 8.78 Å². The Morgan fingerprint density at radius 1 is 1.34 bits per heavy atom. The fourth-order valence-corrected chi connectivity index (χ4v) is 3.14. The number of nitriles is 1. The molecule has 0 saturated carbocycles. The Labute approximate surface area is 167 Å². The van der Waals surface area contributed by atoms with E-state index < -0.39 is 49.1 Å². The zero-order chi connectivity index (χ0) is 21.7. The Kier molecular flexibility index (Phi) is 7.53. The molecular formula is C18H23BF2N4O4. The molecule has 8 nitrogen and oxygen atoms in total. The summed E-state index contributed by atoms with van der Waals surface area (Å²) in [6, 6.07) is 2.60. The maximum atomic E-state index is 14.2. The van der Waals surface area contributed by atoms with Gasteiger partial charge in [-0.05, 0) is 30.9 Å². The molecule has 0 aliphatic carbocycles. The smallest absolute Gasteiger partial charge is 0.426 e. The number of carbonyl (C=O) groups is 2. The number of benzene rings is 1. The van der Waals surface area contributed by atoms with Crippen molar-refractivity contribution in [2.75, 3.05) is 18.0 Å². The lowest BCUT2D eigenvalue weighted by Crippen LogP contribution is -2.58. The summed E-state index contributed by atoms with van der Waals surface area (Å²) in [5.41, 5.74) is -0.552. The summed E-state index contributed by atoms with van der Waals surface area (Å²) in [6.45, 7) is 3.55. The van der Waals surface area contributed by atoms with Gasteiger partial charge in [0.15, 0.2) is 11.6 Å². The largest absolute Gasteiger partial charge is 0.475 e. The SMILES string of the molecule is CC(C)C[C@H](NC(=O)CNC(=O)[C@@H]1CCN1c1c(F)cc(C#N)cc1F)B(O)O. The Morgan fingerprint density at radius 2 is 1.97 bits per heavy atom. The molecule has 0 aromatic heterocycles. The van der Waals surface area contributed by atoms with E-state index in [-0.39, 0.29) is 23.7 Å². The molecule has 2 atom stereocenters. The molecule has 1 fully saturated rings. The summed E-state index contributed by atoms with van der Waals surface area (Å²) in [5, 5.41) is 32.2. The maximum Gasteiger partial charge on any atom is 0.475 e. The predicted molar refractivity (Wildman–Crippen MR) is 101 cm³/mol. The molecule has 2 amide bonds. The number of rotatable bonds is 8. The summed E-state index contributed by atoms with van der Waals surface area (Å²) in [6.07, 6.45) is 0.683. The first-order valence-electron chi connectivity index (χ1n) is 9.23. The third kappa shape index (κ3) is 5.65. The van der Waals surface area contributed by atoms with Crippen molar-refractivity contribution in [2.24, 2.45) is 5.92 Å². The molecule has 29 heavy (non-hydrogen) atoms. The highest BCUT2D eigenvalue weighted by Gasteiger charge is 2.37. The van der Waals surface area contributed by atoms with Crippen LogP contribution in [0.1, 0.15) is 32.3 Å². The van der Waals surface area contributed by atoms with Gasteiger partial charge in [0.2, 0.25) is 11.8 Å². The van der Waals surface area contributed by atoms with Gasteiger partial charge < -0.3 is 25.6 Å². The second kappa shape index (κ2) is 9.67. The van der Waals surface area contributed by atoms with Crippen LogP contribution in [0.4, 0.5) is 14.5 Å². The predicted octanol–water partition coefficient (Wildman–Crippen LogP) is 0.0743. The number of hydrogen-bond donors (Lipinski definition) is 4. The Morgan fingerprint density at radius 3 is 2.41 bits per heavy atom. The number of hydrogen-bond acceptors (Lipinski definition) is 6. The number of nitrogens with one attached hydrogen (secondary N) is 2. The van der Waals surface area contributed by atoms with Gasteiger partial charge in [-0.1, -0.05) is 13.8 Å². The second-order valence-corrected chi connectivity index (χ2v) is 7.33.